The van der Waals surface area contributed by atoms with E-state index in [1.807, 2.05) is 29.0 Å². The van der Waals surface area contributed by atoms with E-state index in [0.29, 0.717) is 5.56 Å². The Morgan fingerprint density at radius 3 is 2.41 bits per heavy atom. The molecule has 4 rings (SSSR count). The van der Waals surface area contributed by atoms with Crippen molar-refractivity contribution in [3.05, 3.63) is 104 Å². The van der Waals surface area contributed by atoms with Gasteiger partial charge in [-0.3, -0.25) is 10.1 Å². The molecule has 10 heteroatoms. The number of nitro groups is 1. The van der Waals surface area contributed by atoms with Gasteiger partial charge in [-0.1, -0.05) is 48.5 Å². The van der Waals surface area contributed by atoms with Crippen LogP contribution in [0.25, 0.3) is 9.88 Å². The Morgan fingerprint density at radius 1 is 1.00 bits per heavy atom. The lowest BCUT2D eigenvalue weighted by Gasteiger charge is -2.16. The lowest BCUT2D eigenvalue weighted by molar-refractivity contribution is -0.384. The van der Waals surface area contributed by atoms with E-state index in [4.69, 9.17) is 4.98 Å². The molecule has 2 aromatic heterocycles. The molecule has 164 valence electrons. The first-order valence-corrected chi connectivity index (χ1v) is 13.1. The van der Waals surface area contributed by atoms with Crippen molar-refractivity contribution >= 4 is 38.4 Å². The molecule has 7 nitrogen and oxygen atoms in total. The van der Waals surface area contributed by atoms with Crippen molar-refractivity contribution in [1.29, 1.82) is 0 Å². The number of hydrogen-bond acceptors (Lipinski definition) is 7. The minimum atomic E-state index is -3.58. The van der Waals surface area contributed by atoms with Gasteiger partial charge in [-0.25, -0.2) is 18.1 Å². The molecule has 0 fully saturated rings. The summed E-state index contributed by atoms with van der Waals surface area (Å²) in [5.41, 5.74) is 2.14. The number of thiazole rings is 1. The van der Waals surface area contributed by atoms with Crippen LogP contribution in [-0.4, -0.2) is 24.9 Å². The first-order valence-electron chi connectivity index (χ1n) is 9.66. The minimum absolute atomic E-state index is 0.0188. The van der Waals surface area contributed by atoms with Gasteiger partial charge in [-0.05, 0) is 22.6 Å². The summed E-state index contributed by atoms with van der Waals surface area (Å²) < 4.78 is 28.1. The van der Waals surface area contributed by atoms with Crippen molar-refractivity contribution < 1.29 is 13.3 Å². The molecule has 1 unspecified atom stereocenters. The molecule has 0 aliphatic rings. The average molecular weight is 486 g/mol. The summed E-state index contributed by atoms with van der Waals surface area (Å²) in [6.07, 6.45) is 0. The summed E-state index contributed by atoms with van der Waals surface area (Å²) in [5, 5.41) is 15.8. The van der Waals surface area contributed by atoms with Crippen LogP contribution in [0.2, 0.25) is 0 Å². The van der Waals surface area contributed by atoms with Gasteiger partial charge in [0.05, 0.1) is 21.2 Å². The van der Waals surface area contributed by atoms with Gasteiger partial charge in [0.25, 0.3) is 5.69 Å². The van der Waals surface area contributed by atoms with Crippen molar-refractivity contribution in [1.82, 2.24) is 9.71 Å². The first-order chi connectivity index (χ1) is 15.4. The second-order valence-electron chi connectivity index (χ2n) is 7.05. The van der Waals surface area contributed by atoms with E-state index in [1.165, 1.54) is 23.5 Å². The van der Waals surface area contributed by atoms with Crippen LogP contribution >= 0.6 is 22.7 Å². The van der Waals surface area contributed by atoms with Gasteiger partial charge in [0.1, 0.15) is 5.01 Å². The highest BCUT2D eigenvalue weighted by molar-refractivity contribution is 7.88. The van der Waals surface area contributed by atoms with E-state index in [2.05, 4.69) is 4.72 Å². The number of rotatable bonds is 9. The molecule has 0 aliphatic carbocycles. The number of nitrogens with zero attached hydrogens (tertiary/aromatic N) is 2. The summed E-state index contributed by atoms with van der Waals surface area (Å²) in [5.74, 6) is -0.510. The van der Waals surface area contributed by atoms with Crippen LogP contribution in [0.5, 0.6) is 0 Å². The topological polar surface area (TPSA) is 102 Å². The van der Waals surface area contributed by atoms with E-state index >= 15 is 0 Å². The van der Waals surface area contributed by atoms with E-state index in [0.717, 1.165) is 21.1 Å². The molecule has 0 saturated heterocycles. The number of sulfonamides is 1. The lowest BCUT2D eigenvalue weighted by atomic mass is 9.96. The predicted molar refractivity (Wildman–Crippen MR) is 127 cm³/mol. The molecular formula is C22H19N3O4S3. The number of hydrogen-bond donors (Lipinski definition) is 1. The molecule has 1 N–H and O–H groups in total. The Bertz CT molecular complexity index is 1290. The maximum absolute atomic E-state index is 12.7. The molecule has 32 heavy (non-hydrogen) atoms. The standard InChI is InChI=1S/C22H19N3O4S3/c26-25(27)18-10-8-17(9-11-18)19(20-14-31-22(24-20)21-7-4-12-30-21)13-23-32(28,29)15-16-5-2-1-3-6-16/h1-12,14,19,23H,13,15H2. The van der Waals surface area contributed by atoms with Gasteiger partial charge in [-0.2, -0.15) is 0 Å². The summed E-state index contributed by atoms with van der Waals surface area (Å²) >= 11 is 3.07. The second-order valence-corrected chi connectivity index (χ2v) is 10.7. The highest BCUT2D eigenvalue weighted by atomic mass is 32.2. The van der Waals surface area contributed by atoms with Crippen LogP contribution in [-0.2, 0) is 15.8 Å². The zero-order valence-electron chi connectivity index (χ0n) is 16.7. The molecule has 2 aromatic carbocycles. The fourth-order valence-electron chi connectivity index (χ4n) is 3.24. The van der Waals surface area contributed by atoms with Gasteiger partial charge in [0.2, 0.25) is 10.0 Å². The fourth-order valence-corrected chi connectivity index (χ4v) is 6.08. The number of non-ortho nitro benzene ring substituents is 1. The molecule has 0 radical (unpaired) electrons. The third kappa shape index (κ3) is 5.46. The van der Waals surface area contributed by atoms with E-state index < -0.39 is 14.9 Å². The highest BCUT2D eigenvalue weighted by Crippen LogP contribution is 2.33. The molecule has 0 saturated carbocycles. The van der Waals surface area contributed by atoms with Crippen LogP contribution in [0.4, 0.5) is 5.69 Å². The molecule has 2 heterocycles. The van der Waals surface area contributed by atoms with Gasteiger partial charge in [0, 0.05) is 30.0 Å². The summed E-state index contributed by atoms with van der Waals surface area (Å²) in [4.78, 5) is 16.3. The zero-order valence-corrected chi connectivity index (χ0v) is 19.2. The van der Waals surface area contributed by atoms with Crippen LogP contribution in [0.3, 0.4) is 0 Å². The van der Waals surface area contributed by atoms with Gasteiger partial charge in [0.15, 0.2) is 0 Å². The van der Waals surface area contributed by atoms with Crippen LogP contribution < -0.4 is 4.72 Å². The molecule has 1 atom stereocenters. The molecule has 0 spiro atoms. The normalized spacial score (nSPS) is 12.5. The Kier molecular flexibility index (Phi) is 6.75. The number of aromatic nitrogens is 1. The quantitative estimate of drug-likeness (QED) is 0.265. The predicted octanol–water partition coefficient (Wildman–Crippen LogP) is 5.03. The number of nitro benzene ring substituents is 1. The van der Waals surface area contributed by atoms with E-state index in [-0.39, 0.29) is 23.9 Å². The monoisotopic (exact) mass is 485 g/mol. The van der Waals surface area contributed by atoms with Crippen molar-refractivity contribution in [2.45, 2.75) is 11.7 Å². The summed E-state index contributed by atoms with van der Waals surface area (Å²) in [6, 6.07) is 19.0. The molecule has 0 bridgehead atoms. The maximum Gasteiger partial charge on any atom is 0.269 e. The van der Waals surface area contributed by atoms with Gasteiger partial charge in [-0.15, -0.1) is 22.7 Å². The van der Waals surface area contributed by atoms with Crippen LogP contribution in [0.1, 0.15) is 22.7 Å². The number of nitrogens with one attached hydrogen (secondary N) is 1. The van der Waals surface area contributed by atoms with E-state index in [1.54, 1.807) is 47.7 Å². The number of thiophene rings is 1. The summed E-state index contributed by atoms with van der Waals surface area (Å²) in [6.45, 7) is 0.0978. The summed E-state index contributed by atoms with van der Waals surface area (Å²) in [7, 11) is -3.58. The van der Waals surface area contributed by atoms with Crippen molar-refractivity contribution in [3.8, 4) is 9.88 Å². The second kappa shape index (κ2) is 9.70. The van der Waals surface area contributed by atoms with Crippen molar-refractivity contribution in [2.75, 3.05) is 6.54 Å². The van der Waals surface area contributed by atoms with Gasteiger partial charge >= 0.3 is 0 Å². The molecule has 0 aliphatic heterocycles. The van der Waals surface area contributed by atoms with E-state index in [9.17, 15) is 18.5 Å². The average Bonchev–Trinajstić information content (AvgIpc) is 3.47. The van der Waals surface area contributed by atoms with Crippen molar-refractivity contribution in [3.63, 3.8) is 0 Å². The van der Waals surface area contributed by atoms with Crippen LogP contribution in [0.15, 0.2) is 77.5 Å². The largest absolute Gasteiger partial charge is 0.269 e. The highest BCUT2D eigenvalue weighted by Gasteiger charge is 2.22. The third-order valence-corrected chi connectivity index (χ3v) is 8.04. The molecule has 4 aromatic rings. The Hall–Kier alpha value is -2.92. The zero-order chi connectivity index (χ0) is 22.6. The van der Waals surface area contributed by atoms with Crippen LogP contribution in [0, 0.1) is 10.1 Å². The van der Waals surface area contributed by atoms with Crippen molar-refractivity contribution in [2.24, 2.45) is 0 Å². The minimum Gasteiger partial charge on any atom is -0.258 e. The SMILES string of the molecule is O=[N+]([O-])c1ccc(C(CNS(=O)(=O)Cc2ccccc2)c2csc(-c3cccs3)n2)cc1. The maximum atomic E-state index is 12.7. The Labute approximate surface area is 193 Å². The smallest absolute Gasteiger partial charge is 0.258 e. The number of benzene rings is 2. The molecular weight excluding hydrogens is 466 g/mol. The Balaban J connectivity index is 1.59. The fraction of sp³-hybridized carbons (Fsp3) is 0.136. The third-order valence-electron chi connectivity index (χ3n) is 4.82. The molecule has 0 amide bonds. The van der Waals surface area contributed by atoms with Gasteiger partial charge < -0.3 is 0 Å². The Morgan fingerprint density at radius 2 is 1.75 bits per heavy atom. The first kappa shape index (κ1) is 22.3. The lowest BCUT2D eigenvalue weighted by Crippen LogP contribution is -2.30.